The smallest absolute Gasteiger partial charge is 0.254 e. The molecule has 4 rings (SSSR count). The fourth-order valence-corrected chi connectivity index (χ4v) is 3.93. The highest BCUT2D eigenvalue weighted by atomic mass is 16.2. The van der Waals surface area contributed by atoms with Crippen molar-refractivity contribution >= 4 is 16.9 Å². The maximum absolute atomic E-state index is 12.8. The number of imidazole rings is 1. The van der Waals surface area contributed by atoms with Crippen molar-refractivity contribution in [3.8, 4) is 0 Å². The molecular formula is C19H26N4O. The molecule has 1 amide bonds. The summed E-state index contributed by atoms with van der Waals surface area (Å²) in [5.41, 5.74) is 2.91. The van der Waals surface area contributed by atoms with Crippen molar-refractivity contribution in [3.63, 3.8) is 0 Å². The van der Waals surface area contributed by atoms with Crippen LogP contribution in [0.3, 0.4) is 0 Å². The van der Waals surface area contributed by atoms with Crippen LogP contribution in [-0.2, 0) is 13.0 Å². The number of aromatic nitrogens is 2. The molecule has 1 aromatic carbocycles. The van der Waals surface area contributed by atoms with E-state index in [1.807, 2.05) is 17.0 Å². The van der Waals surface area contributed by atoms with Crippen LogP contribution in [0.15, 0.2) is 18.2 Å². The van der Waals surface area contributed by atoms with E-state index in [1.165, 1.54) is 17.8 Å². The number of hydrogen-bond acceptors (Lipinski definition) is 3. The van der Waals surface area contributed by atoms with Gasteiger partial charge in [-0.15, -0.1) is 0 Å². The van der Waals surface area contributed by atoms with Gasteiger partial charge in [-0.25, -0.2) is 4.98 Å². The number of amides is 1. The zero-order chi connectivity index (χ0) is 16.7. The van der Waals surface area contributed by atoms with Gasteiger partial charge in [0.05, 0.1) is 11.0 Å². The van der Waals surface area contributed by atoms with Crippen molar-refractivity contribution in [2.24, 2.45) is 5.92 Å². The average molecular weight is 326 g/mol. The summed E-state index contributed by atoms with van der Waals surface area (Å²) in [7, 11) is 0. The molecule has 5 heteroatoms. The van der Waals surface area contributed by atoms with Crippen molar-refractivity contribution in [2.75, 3.05) is 32.7 Å². The van der Waals surface area contributed by atoms with Crippen LogP contribution in [0.1, 0.15) is 36.5 Å². The molecule has 2 aromatic rings. The quantitative estimate of drug-likeness (QED) is 0.851. The third-order valence-electron chi connectivity index (χ3n) is 5.56. The van der Waals surface area contributed by atoms with E-state index in [0.29, 0.717) is 5.92 Å². The molecule has 0 radical (unpaired) electrons. The van der Waals surface area contributed by atoms with E-state index in [0.717, 1.165) is 56.8 Å². The van der Waals surface area contributed by atoms with Crippen LogP contribution in [0, 0.1) is 5.92 Å². The molecule has 0 bridgehead atoms. The van der Waals surface area contributed by atoms with Crippen molar-refractivity contribution < 1.29 is 4.79 Å². The molecule has 2 aliphatic rings. The summed E-state index contributed by atoms with van der Waals surface area (Å²) >= 11 is 0. The zero-order valence-electron chi connectivity index (χ0n) is 14.7. The summed E-state index contributed by atoms with van der Waals surface area (Å²) in [6, 6.07) is 6.04. The number of fused-ring (bicyclic) bond motifs is 3. The van der Waals surface area contributed by atoms with E-state index >= 15 is 0 Å². The van der Waals surface area contributed by atoms with Crippen molar-refractivity contribution in [1.82, 2.24) is 19.4 Å². The molecule has 2 aliphatic heterocycles. The molecule has 3 heterocycles. The number of hydrogen-bond donors (Lipinski definition) is 0. The third kappa shape index (κ3) is 2.71. The van der Waals surface area contributed by atoms with Gasteiger partial charge in [0.25, 0.3) is 5.91 Å². The van der Waals surface area contributed by atoms with Gasteiger partial charge >= 0.3 is 0 Å². The Kier molecular flexibility index (Phi) is 4.04. The SMILES string of the molecule is CCN1CCN(C(=O)c2ccc3c(c2)nc2n3CCC(C)C2)CC1. The van der Waals surface area contributed by atoms with Gasteiger partial charge in [-0.2, -0.15) is 0 Å². The molecule has 0 spiro atoms. The highest BCUT2D eigenvalue weighted by Crippen LogP contribution is 2.26. The molecule has 1 aromatic heterocycles. The van der Waals surface area contributed by atoms with Gasteiger partial charge in [0.1, 0.15) is 5.82 Å². The van der Waals surface area contributed by atoms with Gasteiger partial charge in [-0.3, -0.25) is 4.79 Å². The fraction of sp³-hybridized carbons (Fsp3) is 0.579. The predicted molar refractivity (Wildman–Crippen MR) is 95.2 cm³/mol. The van der Waals surface area contributed by atoms with Gasteiger partial charge in [0, 0.05) is 44.7 Å². The minimum atomic E-state index is 0.145. The van der Waals surface area contributed by atoms with Crippen LogP contribution in [0.4, 0.5) is 0 Å². The number of likely N-dealkylation sites (N-methyl/N-ethyl adjacent to an activating group) is 1. The molecule has 24 heavy (non-hydrogen) atoms. The molecule has 0 N–H and O–H groups in total. The number of benzene rings is 1. The van der Waals surface area contributed by atoms with Crippen LogP contribution >= 0.6 is 0 Å². The van der Waals surface area contributed by atoms with Crippen molar-refractivity contribution in [3.05, 3.63) is 29.6 Å². The highest BCUT2D eigenvalue weighted by Gasteiger charge is 2.23. The number of aryl methyl sites for hydroxylation is 1. The summed E-state index contributed by atoms with van der Waals surface area (Å²) in [6.45, 7) is 10.2. The fourth-order valence-electron chi connectivity index (χ4n) is 3.93. The lowest BCUT2D eigenvalue weighted by atomic mass is 10.0. The van der Waals surface area contributed by atoms with Crippen LogP contribution in [0.25, 0.3) is 11.0 Å². The second-order valence-corrected chi connectivity index (χ2v) is 7.21. The van der Waals surface area contributed by atoms with E-state index in [2.05, 4.69) is 29.4 Å². The summed E-state index contributed by atoms with van der Waals surface area (Å²) < 4.78 is 2.32. The van der Waals surface area contributed by atoms with E-state index in [9.17, 15) is 4.79 Å². The standard InChI is InChI=1S/C19H26N4O/c1-3-21-8-10-22(11-9-21)19(24)15-4-5-17-16(13-15)20-18-12-14(2)6-7-23(17)18/h4-5,13-14H,3,6-12H2,1-2H3. The minimum Gasteiger partial charge on any atom is -0.336 e. The van der Waals surface area contributed by atoms with Crippen molar-refractivity contribution in [2.45, 2.75) is 33.2 Å². The molecule has 0 saturated carbocycles. The third-order valence-corrected chi connectivity index (χ3v) is 5.56. The maximum atomic E-state index is 12.8. The van der Waals surface area contributed by atoms with Gasteiger partial charge in [0.2, 0.25) is 0 Å². The second-order valence-electron chi connectivity index (χ2n) is 7.21. The lowest BCUT2D eigenvalue weighted by molar-refractivity contribution is 0.0643. The van der Waals surface area contributed by atoms with Crippen LogP contribution in [-0.4, -0.2) is 58.0 Å². The number of rotatable bonds is 2. The maximum Gasteiger partial charge on any atom is 0.254 e. The van der Waals surface area contributed by atoms with Crippen molar-refractivity contribution in [1.29, 1.82) is 0 Å². The number of carbonyl (C=O) groups excluding carboxylic acids is 1. The van der Waals surface area contributed by atoms with Crippen LogP contribution < -0.4 is 0 Å². The first kappa shape index (κ1) is 15.6. The van der Waals surface area contributed by atoms with Gasteiger partial charge in [-0.05, 0) is 37.1 Å². The van der Waals surface area contributed by atoms with Crippen LogP contribution in [0.5, 0.6) is 0 Å². The second kappa shape index (κ2) is 6.20. The molecular weight excluding hydrogens is 300 g/mol. The monoisotopic (exact) mass is 326 g/mol. The number of nitrogens with zero attached hydrogens (tertiary/aromatic N) is 4. The summed E-state index contributed by atoms with van der Waals surface area (Å²) in [4.78, 5) is 22.0. The number of carbonyl (C=O) groups is 1. The van der Waals surface area contributed by atoms with Gasteiger partial charge in [-0.1, -0.05) is 13.8 Å². The zero-order valence-corrected chi connectivity index (χ0v) is 14.7. The van der Waals surface area contributed by atoms with E-state index < -0.39 is 0 Å². The first-order valence-corrected chi connectivity index (χ1v) is 9.16. The average Bonchev–Trinajstić information content (AvgIpc) is 2.97. The molecule has 0 aliphatic carbocycles. The Morgan fingerprint density at radius 3 is 2.75 bits per heavy atom. The van der Waals surface area contributed by atoms with E-state index in [4.69, 9.17) is 4.98 Å². The molecule has 1 unspecified atom stereocenters. The normalized spacial score (nSPS) is 21.9. The molecule has 128 valence electrons. The number of piperazine rings is 1. The molecule has 1 saturated heterocycles. The molecule has 1 atom stereocenters. The lowest BCUT2D eigenvalue weighted by Gasteiger charge is -2.34. The topological polar surface area (TPSA) is 41.4 Å². The predicted octanol–water partition coefficient (Wildman–Crippen LogP) is 2.40. The summed E-state index contributed by atoms with van der Waals surface area (Å²) in [5.74, 6) is 2.02. The van der Waals surface area contributed by atoms with Gasteiger partial charge < -0.3 is 14.4 Å². The Bertz CT molecular complexity index is 758. The summed E-state index contributed by atoms with van der Waals surface area (Å²) in [5, 5.41) is 0. The first-order valence-electron chi connectivity index (χ1n) is 9.16. The Labute approximate surface area is 143 Å². The highest BCUT2D eigenvalue weighted by molar-refractivity contribution is 5.97. The Morgan fingerprint density at radius 1 is 1.21 bits per heavy atom. The first-order chi connectivity index (χ1) is 11.7. The Hall–Kier alpha value is -1.88. The van der Waals surface area contributed by atoms with Crippen LogP contribution in [0.2, 0.25) is 0 Å². The van der Waals surface area contributed by atoms with Gasteiger partial charge in [0.15, 0.2) is 0 Å². The largest absolute Gasteiger partial charge is 0.336 e. The lowest BCUT2D eigenvalue weighted by Crippen LogP contribution is -2.48. The Balaban J connectivity index is 1.58. The van der Waals surface area contributed by atoms with E-state index in [1.54, 1.807) is 0 Å². The summed E-state index contributed by atoms with van der Waals surface area (Å²) in [6.07, 6.45) is 2.25. The molecule has 1 fully saturated rings. The van der Waals surface area contributed by atoms with E-state index in [-0.39, 0.29) is 5.91 Å². The Morgan fingerprint density at radius 2 is 2.00 bits per heavy atom. The molecule has 5 nitrogen and oxygen atoms in total. The minimum absolute atomic E-state index is 0.145.